The molecule has 0 aliphatic carbocycles. The van der Waals surface area contributed by atoms with Crippen molar-refractivity contribution in [2.75, 3.05) is 4.90 Å². The fraction of sp³-hybridized carbons (Fsp3) is 0.125. The summed E-state index contributed by atoms with van der Waals surface area (Å²) in [5.74, 6) is -1.20. The van der Waals surface area contributed by atoms with Crippen LogP contribution in [0.2, 0.25) is 10.0 Å². The van der Waals surface area contributed by atoms with Gasteiger partial charge in [0.1, 0.15) is 0 Å². The van der Waals surface area contributed by atoms with Gasteiger partial charge in [0.15, 0.2) is 0 Å². The number of hydrogen-bond acceptors (Lipinski definition) is 2. The molecule has 0 saturated heterocycles. The third-order valence-electron chi connectivity index (χ3n) is 3.44. The van der Waals surface area contributed by atoms with Crippen molar-refractivity contribution in [3.8, 4) is 0 Å². The van der Waals surface area contributed by atoms with Crippen LogP contribution in [0.4, 0.5) is 5.69 Å². The number of benzene rings is 2. The maximum absolute atomic E-state index is 12.2. The number of carbonyl (C=O) groups excluding carboxylic acids is 2. The largest absolute Gasteiger partial charge is 0.299 e. The molecule has 0 N–H and O–H groups in total. The SMILES string of the molecule is Cc1cccc(CN2C(=O)C(=O)c3c(Cl)ccc(Cl)c32)c1. The fourth-order valence-electron chi connectivity index (χ4n) is 2.50. The van der Waals surface area contributed by atoms with Crippen LogP contribution < -0.4 is 4.90 Å². The van der Waals surface area contributed by atoms with Gasteiger partial charge in [-0.3, -0.25) is 14.5 Å². The Hall–Kier alpha value is -1.84. The lowest BCUT2D eigenvalue weighted by Gasteiger charge is -2.18. The molecule has 106 valence electrons. The second-order valence-corrected chi connectivity index (χ2v) is 5.78. The van der Waals surface area contributed by atoms with E-state index in [0.717, 1.165) is 11.1 Å². The first kappa shape index (κ1) is 14.1. The van der Waals surface area contributed by atoms with Gasteiger partial charge in [-0.15, -0.1) is 0 Å². The minimum Gasteiger partial charge on any atom is -0.299 e. The number of nitrogens with zero attached hydrogens (tertiary/aromatic N) is 1. The summed E-state index contributed by atoms with van der Waals surface area (Å²) in [6.07, 6.45) is 0. The van der Waals surface area contributed by atoms with E-state index in [0.29, 0.717) is 17.3 Å². The molecule has 0 fully saturated rings. The molecule has 1 amide bonds. The summed E-state index contributed by atoms with van der Waals surface area (Å²) in [6, 6.07) is 10.9. The van der Waals surface area contributed by atoms with Crippen molar-refractivity contribution < 1.29 is 9.59 Å². The van der Waals surface area contributed by atoms with Crippen LogP contribution in [0.3, 0.4) is 0 Å². The van der Waals surface area contributed by atoms with Crippen LogP contribution in [0.1, 0.15) is 21.5 Å². The molecule has 1 heterocycles. The number of aryl methyl sites for hydroxylation is 1. The van der Waals surface area contributed by atoms with Crippen molar-refractivity contribution >= 4 is 40.6 Å². The summed E-state index contributed by atoms with van der Waals surface area (Å²) in [6.45, 7) is 2.26. The Morgan fingerprint density at radius 2 is 1.76 bits per heavy atom. The van der Waals surface area contributed by atoms with Crippen molar-refractivity contribution in [1.29, 1.82) is 0 Å². The molecule has 0 spiro atoms. The lowest BCUT2D eigenvalue weighted by molar-refractivity contribution is -0.114. The molecule has 5 heteroatoms. The van der Waals surface area contributed by atoms with Gasteiger partial charge in [0, 0.05) is 0 Å². The lowest BCUT2D eigenvalue weighted by atomic mass is 10.1. The molecular formula is C16H11Cl2NO2. The Morgan fingerprint density at radius 3 is 2.48 bits per heavy atom. The highest BCUT2D eigenvalue weighted by Crippen LogP contribution is 2.40. The molecule has 0 bridgehead atoms. The van der Waals surface area contributed by atoms with E-state index in [4.69, 9.17) is 23.2 Å². The number of rotatable bonds is 2. The average Bonchev–Trinajstić information content (AvgIpc) is 2.69. The standard InChI is InChI=1S/C16H11Cl2NO2/c1-9-3-2-4-10(7-9)8-19-14-12(18)6-5-11(17)13(14)15(20)16(19)21/h2-7H,8H2,1H3. The van der Waals surface area contributed by atoms with Crippen LogP contribution in [0.5, 0.6) is 0 Å². The van der Waals surface area contributed by atoms with E-state index in [2.05, 4.69) is 0 Å². The van der Waals surface area contributed by atoms with Crippen LogP contribution in [0.15, 0.2) is 36.4 Å². The van der Waals surface area contributed by atoms with Crippen LogP contribution in [0.25, 0.3) is 0 Å². The fourth-order valence-corrected chi connectivity index (χ4v) is 2.99. The van der Waals surface area contributed by atoms with Crippen molar-refractivity contribution in [3.05, 3.63) is 63.1 Å². The van der Waals surface area contributed by atoms with E-state index >= 15 is 0 Å². The highest BCUT2D eigenvalue weighted by molar-refractivity contribution is 6.56. The summed E-state index contributed by atoms with van der Waals surface area (Å²) in [5, 5.41) is 0.598. The third kappa shape index (κ3) is 2.33. The molecule has 0 saturated carbocycles. The average molecular weight is 320 g/mol. The number of amides is 1. The summed E-state index contributed by atoms with van der Waals surface area (Å²) in [4.78, 5) is 25.7. The van der Waals surface area contributed by atoms with E-state index in [9.17, 15) is 9.59 Å². The van der Waals surface area contributed by atoms with Gasteiger partial charge in [0.05, 0.1) is 27.8 Å². The van der Waals surface area contributed by atoms with Crippen LogP contribution in [0, 0.1) is 6.92 Å². The van der Waals surface area contributed by atoms with Gasteiger partial charge >= 0.3 is 0 Å². The lowest BCUT2D eigenvalue weighted by Crippen LogP contribution is -2.29. The zero-order chi connectivity index (χ0) is 15.1. The molecule has 3 rings (SSSR count). The second-order valence-electron chi connectivity index (χ2n) is 4.96. The van der Waals surface area contributed by atoms with Gasteiger partial charge in [0.2, 0.25) is 0 Å². The second kappa shape index (κ2) is 5.17. The summed E-state index contributed by atoms with van der Waals surface area (Å²) in [7, 11) is 0. The predicted octanol–water partition coefficient (Wildman–Crippen LogP) is 4.03. The Bertz CT molecular complexity index is 771. The van der Waals surface area contributed by atoms with Gasteiger partial charge in [-0.25, -0.2) is 0 Å². The van der Waals surface area contributed by atoms with E-state index in [1.807, 2.05) is 31.2 Å². The van der Waals surface area contributed by atoms with Gasteiger partial charge in [-0.05, 0) is 24.6 Å². The summed E-state index contributed by atoms with van der Waals surface area (Å²) >= 11 is 12.2. The van der Waals surface area contributed by atoms with Gasteiger partial charge in [-0.1, -0.05) is 53.0 Å². The van der Waals surface area contributed by atoms with Crippen molar-refractivity contribution in [2.24, 2.45) is 0 Å². The Kier molecular flexibility index (Phi) is 3.47. The molecular weight excluding hydrogens is 309 g/mol. The highest BCUT2D eigenvalue weighted by Gasteiger charge is 2.39. The molecule has 0 atom stereocenters. The van der Waals surface area contributed by atoms with E-state index < -0.39 is 11.7 Å². The zero-order valence-electron chi connectivity index (χ0n) is 11.2. The maximum atomic E-state index is 12.2. The van der Waals surface area contributed by atoms with Crippen LogP contribution in [-0.2, 0) is 11.3 Å². The maximum Gasteiger partial charge on any atom is 0.299 e. The molecule has 2 aromatic rings. The minimum atomic E-state index is -0.606. The zero-order valence-corrected chi connectivity index (χ0v) is 12.7. The van der Waals surface area contributed by atoms with Crippen LogP contribution >= 0.6 is 23.2 Å². The Labute approximate surface area is 132 Å². The summed E-state index contributed by atoms with van der Waals surface area (Å²) in [5.41, 5.74) is 2.62. The quantitative estimate of drug-likeness (QED) is 0.784. The highest BCUT2D eigenvalue weighted by atomic mass is 35.5. The van der Waals surface area contributed by atoms with Crippen LogP contribution in [-0.4, -0.2) is 11.7 Å². The number of carbonyl (C=O) groups is 2. The Morgan fingerprint density at radius 1 is 1.05 bits per heavy atom. The number of halogens is 2. The first-order valence-corrected chi connectivity index (χ1v) is 7.14. The normalized spacial score (nSPS) is 13.8. The smallest absolute Gasteiger partial charge is 0.299 e. The Balaban J connectivity index is 2.08. The number of fused-ring (bicyclic) bond motifs is 1. The van der Waals surface area contributed by atoms with Gasteiger partial charge < -0.3 is 0 Å². The molecule has 1 aliphatic rings. The number of anilines is 1. The predicted molar refractivity (Wildman–Crippen MR) is 83.2 cm³/mol. The molecule has 21 heavy (non-hydrogen) atoms. The molecule has 0 unspecified atom stereocenters. The van der Waals surface area contributed by atoms with E-state index in [1.165, 1.54) is 11.0 Å². The van der Waals surface area contributed by atoms with E-state index in [1.54, 1.807) is 6.07 Å². The first-order valence-electron chi connectivity index (χ1n) is 6.39. The summed E-state index contributed by atoms with van der Waals surface area (Å²) < 4.78 is 0. The molecule has 2 aromatic carbocycles. The molecule has 0 aromatic heterocycles. The van der Waals surface area contributed by atoms with Crippen molar-refractivity contribution in [1.82, 2.24) is 0 Å². The first-order chi connectivity index (χ1) is 9.99. The molecule has 0 radical (unpaired) electrons. The van der Waals surface area contributed by atoms with Crippen molar-refractivity contribution in [2.45, 2.75) is 13.5 Å². The number of ketones is 1. The molecule has 3 nitrogen and oxygen atoms in total. The van der Waals surface area contributed by atoms with E-state index in [-0.39, 0.29) is 10.6 Å². The topological polar surface area (TPSA) is 37.4 Å². The minimum absolute atomic E-state index is 0.196. The van der Waals surface area contributed by atoms with Crippen molar-refractivity contribution in [3.63, 3.8) is 0 Å². The third-order valence-corrected chi connectivity index (χ3v) is 4.06. The number of Topliss-reactive ketones (excluding diaryl/α,β-unsaturated/α-hetero) is 1. The molecule has 1 aliphatic heterocycles. The monoisotopic (exact) mass is 319 g/mol. The van der Waals surface area contributed by atoms with Gasteiger partial charge in [-0.2, -0.15) is 0 Å². The van der Waals surface area contributed by atoms with Gasteiger partial charge in [0.25, 0.3) is 11.7 Å². The number of hydrogen-bond donors (Lipinski definition) is 0.